The molecule has 124 valence electrons. The van der Waals surface area contributed by atoms with Gasteiger partial charge in [0.15, 0.2) is 0 Å². The van der Waals surface area contributed by atoms with Gasteiger partial charge in [0.1, 0.15) is 0 Å². The van der Waals surface area contributed by atoms with Gasteiger partial charge in [-0.2, -0.15) is 0 Å². The third-order valence-electron chi connectivity index (χ3n) is 4.81. The summed E-state index contributed by atoms with van der Waals surface area (Å²) in [7, 11) is -2.89. The predicted molar refractivity (Wildman–Crippen MR) is 105 cm³/mol. The van der Waals surface area contributed by atoms with Gasteiger partial charge < -0.3 is 4.80 Å². The Morgan fingerprint density at radius 2 is 1.50 bits per heavy atom. The van der Waals surface area contributed by atoms with Gasteiger partial charge in [-0.1, -0.05) is 74.5 Å². The van der Waals surface area contributed by atoms with Crippen molar-refractivity contribution in [3.8, 4) is 0 Å². The van der Waals surface area contributed by atoms with Gasteiger partial charge in [0.2, 0.25) is 0 Å². The molecule has 2 nitrogen and oxygen atoms in total. The molecule has 1 N–H and O–H groups in total. The number of nitrogens with zero attached hydrogens (tertiary/aromatic N) is 1. The van der Waals surface area contributed by atoms with Crippen LogP contribution in [-0.2, 0) is 6.42 Å². The molecule has 0 bridgehead atoms. The number of hydrogen-bond donors (Lipinski definition) is 1. The Labute approximate surface area is 149 Å². The summed E-state index contributed by atoms with van der Waals surface area (Å²) in [6.07, 6.45) is 3.66. The van der Waals surface area contributed by atoms with Crippen molar-refractivity contribution in [1.29, 1.82) is 0 Å². The number of hydrogen-bond acceptors (Lipinski definition) is 3. The van der Waals surface area contributed by atoms with Crippen molar-refractivity contribution < 1.29 is 4.80 Å². The van der Waals surface area contributed by atoms with Gasteiger partial charge in [-0.25, -0.2) is 4.98 Å². The second kappa shape index (κ2) is 7.01. The van der Waals surface area contributed by atoms with E-state index in [9.17, 15) is 4.80 Å². The van der Waals surface area contributed by atoms with Crippen molar-refractivity contribution in [1.82, 2.24) is 4.98 Å². The molecular weight excluding hydrogens is 330 g/mol. The Kier molecular flexibility index (Phi) is 4.99. The lowest BCUT2D eigenvalue weighted by atomic mass is 10.1. The molecule has 1 aromatic heterocycles. The number of aromatic nitrogens is 1. The van der Waals surface area contributed by atoms with E-state index < -0.39 is 8.32 Å². The van der Waals surface area contributed by atoms with E-state index in [4.69, 9.17) is 0 Å². The fourth-order valence-electron chi connectivity index (χ4n) is 3.28. The largest absolute Gasteiger partial charge is 0.424 e. The van der Waals surface area contributed by atoms with E-state index in [1.54, 1.807) is 11.3 Å². The first-order valence-corrected chi connectivity index (χ1v) is 11.1. The minimum absolute atomic E-state index is 0.207. The van der Waals surface area contributed by atoms with E-state index in [2.05, 4.69) is 43.1 Å². The van der Waals surface area contributed by atoms with E-state index in [0.29, 0.717) is 0 Å². The van der Waals surface area contributed by atoms with Crippen molar-refractivity contribution in [2.45, 2.75) is 31.7 Å². The molecule has 0 radical (unpaired) electrons. The standard InChI is InChI=1S/C20H23NOSSi/c1-20(2,14-13-19-21-15-16-23-19)24(22,17-9-5-3-6-10-17)18-11-7-4-8-12-18/h3-12,15-16,22H,13-14H2,1-2H3. The Bertz CT molecular complexity index is 717. The molecule has 4 heteroatoms. The fraction of sp³-hybridized carbons (Fsp3) is 0.250. The Balaban J connectivity index is 2.00. The first kappa shape index (κ1) is 17.1. The van der Waals surface area contributed by atoms with Crippen molar-refractivity contribution in [3.63, 3.8) is 0 Å². The van der Waals surface area contributed by atoms with Gasteiger partial charge in [0, 0.05) is 11.6 Å². The third-order valence-corrected chi connectivity index (χ3v) is 10.2. The molecule has 0 unspecified atom stereocenters. The van der Waals surface area contributed by atoms with Gasteiger partial charge in [0.25, 0.3) is 8.32 Å². The highest BCUT2D eigenvalue weighted by Gasteiger charge is 2.49. The summed E-state index contributed by atoms with van der Waals surface area (Å²) in [5.74, 6) is 0. The SMILES string of the molecule is CC(C)(CCc1nccs1)[Si](O)(c1ccccc1)c1ccccc1. The van der Waals surface area contributed by atoms with Crippen LogP contribution in [0.25, 0.3) is 0 Å². The number of aryl methyl sites for hydroxylation is 1. The number of rotatable bonds is 6. The first-order chi connectivity index (χ1) is 11.5. The lowest BCUT2D eigenvalue weighted by Crippen LogP contribution is -2.65. The van der Waals surface area contributed by atoms with Crippen LogP contribution in [0.4, 0.5) is 0 Å². The van der Waals surface area contributed by atoms with E-state index in [1.807, 2.05) is 48.0 Å². The molecule has 0 saturated heterocycles. The summed E-state index contributed by atoms with van der Waals surface area (Å²) in [6, 6.07) is 20.4. The molecule has 1 heterocycles. The maximum Gasteiger partial charge on any atom is 0.258 e. The first-order valence-electron chi connectivity index (χ1n) is 8.26. The second-order valence-corrected chi connectivity index (χ2v) is 11.7. The summed E-state index contributed by atoms with van der Waals surface area (Å²) >= 11 is 1.69. The highest BCUT2D eigenvalue weighted by molar-refractivity contribution is 7.09. The minimum Gasteiger partial charge on any atom is -0.424 e. The van der Waals surface area contributed by atoms with Crippen LogP contribution in [0.3, 0.4) is 0 Å². The van der Waals surface area contributed by atoms with Gasteiger partial charge in [-0.05, 0) is 28.3 Å². The van der Waals surface area contributed by atoms with Crippen LogP contribution in [0.5, 0.6) is 0 Å². The molecule has 0 saturated carbocycles. The Hall–Kier alpha value is -1.75. The van der Waals surface area contributed by atoms with E-state index >= 15 is 0 Å². The fourth-order valence-corrected chi connectivity index (χ4v) is 7.64. The molecule has 2 aromatic carbocycles. The summed E-state index contributed by atoms with van der Waals surface area (Å²) in [4.78, 5) is 16.4. The smallest absolute Gasteiger partial charge is 0.258 e. The second-order valence-electron chi connectivity index (χ2n) is 6.75. The maximum absolute atomic E-state index is 12.0. The van der Waals surface area contributed by atoms with Crippen LogP contribution in [0, 0.1) is 0 Å². The van der Waals surface area contributed by atoms with Crippen LogP contribution >= 0.6 is 11.3 Å². The number of benzene rings is 2. The molecule has 0 amide bonds. The summed E-state index contributed by atoms with van der Waals surface area (Å²) in [6.45, 7) is 4.40. The zero-order valence-corrected chi connectivity index (χ0v) is 16.0. The molecule has 24 heavy (non-hydrogen) atoms. The molecule has 0 spiro atoms. The molecule has 3 aromatic rings. The lowest BCUT2D eigenvalue weighted by Gasteiger charge is -2.41. The average molecular weight is 354 g/mol. The van der Waals surface area contributed by atoms with E-state index in [-0.39, 0.29) is 5.04 Å². The number of thiazole rings is 1. The molecule has 0 aliphatic carbocycles. The molecule has 0 aliphatic rings. The van der Waals surface area contributed by atoms with Crippen LogP contribution in [0.2, 0.25) is 5.04 Å². The van der Waals surface area contributed by atoms with Crippen molar-refractivity contribution in [3.05, 3.63) is 77.2 Å². The lowest BCUT2D eigenvalue weighted by molar-refractivity contribution is 0.466. The molecule has 0 atom stereocenters. The summed E-state index contributed by atoms with van der Waals surface area (Å²) in [5.41, 5.74) is 0. The van der Waals surface area contributed by atoms with Crippen LogP contribution in [-0.4, -0.2) is 18.1 Å². The van der Waals surface area contributed by atoms with Gasteiger partial charge >= 0.3 is 0 Å². The summed E-state index contributed by atoms with van der Waals surface area (Å²) in [5, 5.41) is 5.09. The van der Waals surface area contributed by atoms with Gasteiger partial charge in [-0.15, -0.1) is 11.3 Å². The highest BCUT2D eigenvalue weighted by Crippen LogP contribution is 2.39. The molecule has 0 aliphatic heterocycles. The molecule has 0 fully saturated rings. The van der Waals surface area contributed by atoms with Gasteiger partial charge in [0.05, 0.1) is 5.01 Å². The minimum atomic E-state index is -2.89. The average Bonchev–Trinajstić information content (AvgIpc) is 3.14. The molecule has 3 rings (SSSR count). The molecular formula is C20H23NOSSi. The van der Waals surface area contributed by atoms with Crippen LogP contribution in [0.1, 0.15) is 25.3 Å². The zero-order chi connectivity index (χ0) is 17.0. The Morgan fingerprint density at radius 3 is 1.96 bits per heavy atom. The zero-order valence-electron chi connectivity index (χ0n) is 14.1. The topological polar surface area (TPSA) is 33.1 Å². The van der Waals surface area contributed by atoms with E-state index in [1.165, 1.54) is 0 Å². The van der Waals surface area contributed by atoms with Crippen molar-refractivity contribution >= 4 is 30.0 Å². The van der Waals surface area contributed by atoms with E-state index in [0.717, 1.165) is 28.2 Å². The normalized spacial score (nSPS) is 12.3. The monoisotopic (exact) mass is 353 g/mol. The van der Waals surface area contributed by atoms with Crippen LogP contribution in [0.15, 0.2) is 72.2 Å². The maximum atomic E-state index is 12.0. The third kappa shape index (κ3) is 3.22. The summed E-state index contributed by atoms with van der Waals surface area (Å²) < 4.78 is 0. The van der Waals surface area contributed by atoms with Crippen molar-refractivity contribution in [2.75, 3.05) is 0 Å². The predicted octanol–water partition coefficient (Wildman–Crippen LogP) is 3.61. The van der Waals surface area contributed by atoms with Gasteiger partial charge in [-0.3, -0.25) is 0 Å². The Morgan fingerprint density at radius 1 is 0.958 bits per heavy atom. The van der Waals surface area contributed by atoms with Crippen LogP contribution < -0.4 is 10.4 Å². The quantitative estimate of drug-likeness (QED) is 0.687. The van der Waals surface area contributed by atoms with Crippen molar-refractivity contribution in [2.24, 2.45) is 0 Å². The highest BCUT2D eigenvalue weighted by atomic mass is 32.1.